The van der Waals surface area contributed by atoms with Crippen LogP contribution in [0.3, 0.4) is 0 Å². The molecule has 0 bridgehead atoms. The van der Waals surface area contributed by atoms with E-state index in [0.29, 0.717) is 32.6 Å². The molecule has 2 aliphatic heterocycles. The highest BCUT2D eigenvalue weighted by Crippen LogP contribution is 2.27. The number of quaternary nitrogens is 1. The molecule has 156 valence electrons. The SMILES string of the molecule is Cc1csc(CC(=O)N2CC[NH+](CN3C(=O)C(=O)N(C4CCCC4)C3=O)CC2)n1. The number of nitrogens with zero attached hydrogens (tertiary/aromatic N) is 4. The summed E-state index contributed by atoms with van der Waals surface area (Å²) in [7, 11) is 0. The van der Waals surface area contributed by atoms with Crippen molar-refractivity contribution in [1.82, 2.24) is 19.7 Å². The number of rotatable bonds is 5. The van der Waals surface area contributed by atoms with Crippen molar-refractivity contribution >= 4 is 35.1 Å². The molecule has 1 aliphatic carbocycles. The van der Waals surface area contributed by atoms with Crippen LogP contribution in [-0.4, -0.2) is 82.3 Å². The quantitative estimate of drug-likeness (QED) is 0.508. The van der Waals surface area contributed by atoms with E-state index in [4.69, 9.17) is 0 Å². The molecule has 3 aliphatic rings. The highest BCUT2D eigenvalue weighted by Gasteiger charge is 2.49. The van der Waals surface area contributed by atoms with Crippen LogP contribution in [0.4, 0.5) is 4.79 Å². The minimum absolute atomic E-state index is 0.0503. The largest absolute Gasteiger partial charge is 0.338 e. The van der Waals surface area contributed by atoms with Crippen LogP contribution in [-0.2, 0) is 20.8 Å². The minimum atomic E-state index is -0.716. The number of nitrogens with one attached hydrogen (secondary N) is 1. The molecule has 9 nitrogen and oxygen atoms in total. The van der Waals surface area contributed by atoms with Crippen molar-refractivity contribution < 1.29 is 24.1 Å². The third kappa shape index (κ3) is 4.04. The summed E-state index contributed by atoms with van der Waals surface area (Å²) in [6.07, 6.45) is 3.84. The Bertz CT molecular complexity index is 826. The van der Waals surface area contributed by atoms with Gasteiger partial charge in [0.25, 0.3) is 0 Å². The number of aryl methyl sites for hydroxylation is 1. The van der Waals surface area contributed by atoms with Gasteiger partial charge in [0.2, 0.25) is 5.91 Å². The van der Waals surface area contributed by atoms with Crippen molar-refractivity contribution in [2.75, 3.05) is 32.8 Å². The molecule has 10 heteroatoms. The first-order valence-corrected chi connectivity index (χ1v) is 11.0. The molecule has 1 aromatic rings. The van der Waals surface area contributed by atoms with Gasteiger partial charge in [0.1, 0.15) is 5.01 Å². The molecule has 0 atom stereocenters. The van der Waals surface area contributed by atoms with E-state index < -0.39 is 17.8 Å². The van der Waals surface area contributed by atoms with Crippen LogP contribution in [0.1, 0.15) is 36.4 Å². The molecule has 3 heterocycles. The van der Waals surface area contributed by atoms with Gasteiger partial charge in [-0.3, -0.25) is 19.3 Å². The number of aromatic nitrogens is 1. The lowest BCUT2D eigenvalue weighted by atomic mass is 10.2. The summed E-state index contributed by atoms with van der Waals surface area (Å²) in [5.41, 5.74) is 0.924. The molecule has 4 rings (SSSR count). The Labute approximate surface area is 173 Å². The second-order valence-electron chi connectivity index (χ2n) is 7.98. The third-order valence-electron chi connectivity index (χ3n) is 5.95. The van der Waals surface area contributed by atoms with E-state index in [1.807, 2.05) is 17.2 Å². The molecular formula is C19H26N5O4S+. The molecule has 1 aromatic heterocycles. The molecule has 2 saturated heterocycles. The predicted molar refractivity (Wildman–Crippen MR) is 104 cm³/mol. The number of urea groups is 1. The van der Waals surface area contributed by atoms with Gasteiger partial charge in [-0.25, -0.2) is 14.7 Å². The Balaban J connectivity index is 1.30. The minimum Gasteiger partial charge on any atom is -0.331 e. The second kappa shape index (κ2) is 8.19. The Hall–Kier alpha value is -2.33. The van der Waals surface area contributed by atoms with E-state index in [9.17, 15) is 19.2 Å². The van der Waals surface area contributed by atoms with E-state index in [-0.39, 0.29) is 18.6 Å². The monoisotopic (exact) mass is 420 g/mol. The van der Waals surface area contributed by atoms with E-state index in [0.717, 1.165) is 46.2 Å². The lowest BCUT2D eigenvalue weighted by molar-refractivity contribution is -0.911. The van der Waals surface area contributed by atoms with Crippen molar-refractivity contribution in [1.29, 1.82) is 0 Å². The fraction of sp³-hybridized carbons (Fsp3) is 0.632. The average Bonchev–Trinajstić information content (AvgIpc) is 3.41. The van der Waals surface area contributed by atoms with Crippen molar-refractivity contribution in [2.24, 2.45) is 0 Å². The Morgan fingerprint density at radius 1 is 1.17 bits per heavy atom. The van der Waals surface area contributed by atoms with Crippen LogP contribution in [0.25, 0.3) is 0 Å². The van der Waals surface area contributed by atoms with E-state index in [2.05, 4.69) is 4.98 Å². The highest BCUT2D eigenvalue weighted by molar-refractivity contribution is 7.09. The zero-order valence-electron chi connectivity index (χ0n) is 16.6. The second-order valence-corrected chi connectivity index (χ2v) is 8.92. The van der Waals surface area contributed by atoms with Crippen LogP contribution in [0.2, 0.25) is 0 Å². The van der Waals surface area contributed by atoms with E-state index in [1.54, 1.807) is 0 Å². The number of piperazine rings is 1. The smallest absolute Gasteiger partial charge is 0.331 e. The van der Waals surface area contributed by atoms with Gasteiger partial charge >= 0.3 is 17.8 Å². The summed E-state index contributed by atoms with van der Waals surface area (Å²) in [5, 5.41) is 2.76. The van der Waals surface area contributed by atoms with Gasteiger partial charge in [0.15, 0.2) is 6.67 Å². The number of carbonyl (C=O) groups excluding carboxylic acids is 4. The fourth-order valence-electron chi connectivity index (χ4n) is 4.33. The average molecular weight is 421 g/mol. The van der Waals surface area contributed by atoms with E-state index in [1.165, 1.54) is 16.2 Å². The first-order chi connectivity index (χ1) is 13.9. The van der Waals surface area contributed by atoms with Crippen LogP contribution in [0, 0.1) is 6.92 Å². The molecule has 0 radical (unpaired) electrons. The Kier molecular flexibility index (Phi) is 5.64. The molecule has 5 amide bonds. The molecule has 29 heavy (non-hydrogen) atoms. The highest BCUT2D eigenvalue weighted by atomic mass is 32.1. The van der Waals surface area contributed by atoms with Crippen LogP contribution in [0.5, 0.6) is 0 Å². The van der Waals surface area contributed by atoms with E-state index >= 15 is 0 Å². The fourth-order valence-corrected chi connectivity index (χ4v) is 5.09. The molecule has 0 aromatic carbocycles. The third-order valence-corrected chi connectivity index (χ3v) is 6.91. The van der Waals surface area contributed by atoms with Gasteiger partial charge < -0.3 is 9.80 Å². The summed E-state index contributed by atoms with van der Waals surface area (Å²) in [5.74, 6) is -1.35. The summed E-state index contributed by atoms with van der Waals surface area (Å²) in [6.45, 7) is 4.49. The first-order valence-electron chi connectivity index (χ1n) is 10.2. The van der Waals surface area contributed by atoms with Crippen molar-refractivity contribution in [3.05, 3.63) is 16.1 Å². The topological polar surface area (TPSA) is 95.3 Å². The van der Waals surface area contributed by atoms with Gasteiger partial charge in [-0.1, -0.05) is 12.8 Å². The molecule has 1 N–H and O–H groups in total. The molecule has 0 unspecified atom stereocenters. The van der Waals surface area contributed by atoms with Crippen LogP contribution >= 0.6 is 11.3 Å². The van der Waals surface area contributed by atoms with Gasteiger partial charge in [0.05, 0.1) is 32.6 Å². The van der Waals surface area contributed by atoms with Gasteiger partial charge in [0, 0.05) is 17.1 Å². The van der Waals surface area contributed by atoms with Gasteiger partial charge in [-0.2, -0.15) is 0 Å². The lowest BCUT2D eigenvalue weighted by Gasteiger charge is -2.33. The van der Waals surface area contributed by atoms with Crippen molar-refractivity contribution in [2.45, 2.75) is 45.1 Å². The van der Waals surface area contributed by atoms with Crippen LogP contribution < -0.4 is 4.90 Å². The summed E-state index contributed by atoms with van der Waals surface area (Å²) >= 11 is 1.49. The standard InChI is InChI=1S/C19H25N5O4S/c1-13-11-29-15(20-13)10-16(25)22-8-6-21(7-9-22)12-23-17(26)18(27)24(19(23)28)14-4-2-3-5-14/h11,14H,2-10,12H2,1H3/p+1. The van der Waals surface area contributed by atoms with Crippen molar-refractivity contribution in [3.8, 4) is 0 Å². The van der Waals surface area contributed by atoms with Crippen LogP contribution in [0.15, 0.2) is 5.38 Å². The number of thiazole rings is 1. The Morgan fingerprint density at radius 3 is 2.48 bits per heavy atom. The maximum absolute atomic E-state index is 12.7. The Morgan fingerprint density at radius 2 is 1.86 bits per heavy atom. The molecule has 1 saturated carbocycles. The summed E-state index contributed by atoms with van der Waals surface area (Å²) in [4.78, 5) is 59.3. The summed E-state index contributed by atoms with van der Waals surface area (Å²) in [6, 6.07) is -0.611. The number of carbonyl (C=O) groups is 4. The maximum atomic E-state index is 12.7. The number of imide groups is 2. The lowest BCUT2D eigenvalue weighted by Crippen LogP contribution is -3.16. The van der Waals surface area contributed by atoms with Crippen molar-refractivity contribution in [3.63, 3.8) is 0 Å². The summed E-state index contributed by atoms with van der Waals surface area (Å²) < 4.78 is 0. The maximum Gasteiger partial charge on any atom is 0.338 e. The van der Waals surface area contributed by atoms with Gasteiger partial charge in [-0.05, 0) is 19.8 Å². The molecule has 0 spiro atoms. The molecule has 3 fully saturated rings. The number of amides is 5. The zero-order chi connectivity index (χ0) is 20.5. The zero-order valence-corrected chi connectivity index (χ0v) is 17.4. The van der Waals surface area contributed by atoms with Gasteiger partial charge in [-0.15, -0.1) is 11.3 Å². The normalized spacial score (nSPS) is 21.7. The predicted octanol–water partition coefficient (Wildman–Crippen LogP) is -0.588. The molecular weight excluding hydrogens is 394 g/mol. The number of hydrogen-bond donors (Lipinski definition) is 1. The first kappa shape index (κ1) is 20.0. The number of hydrogen-bond acceptors (Lipinski definition) is 6.